The number of aliphatic carboxylic acids is 1. The number of nitrogens with one attached hydrogen (secondary N) is 1. The predicted molar refractivity (Wildman–Crippen MR) is 78.5 cm³/mol. The van der Waals surface area contributed by atoms with Crippen molar-refractivity contribution >= 4 is 11.9 Å². The van der Waals surface area contributed by atoms with E-state index < -0.39 is 12.0 Å². The van der Waals surface area contributed by atoms with Crippen LogP contribution in [-0.4, -0.2) is 17.0 Å². The number of hydrogen-bond donors (Lipinski definition) is 2. The van der Waals surface area contributed by atoms with E-state index in [1.165, 1.54) is 0 Å². The Morgan fingerprint density at radius 1 is 1.20 bits per heavy atom. The highest BCUT2D eigenvalue weighted by Gasteiger charge is 2.26. The third-order valence-corrected chi connectivity index (χ3v) is 3.85. The lowest BCUT2D eigenvalue weighted by Crippen LogP contribution is -2.37. The molecule has 0 radical (unpaired) electrons. The fourth-order valence-electron chi connectivity index (χ4n) is 2.28. The number of carbonyl (C=O) groups excluding carboxylic acids is 1. The van der Waals surface area contributed by atoms with Crippen LogP contribution in [0.1, 0.15) is 49.4 Å². The molecular weight excluding hydrogens is 254 g/mol. The molecule has 0 aliphatic heterocycles. The summed E-state index contributed by atoms with van der Waals surface area (Å²) in [6.45, 7) is 7.67. The van der Waals surface area contributed by atoms with Gasteiger partial charge in [-0.05, 0) is 43.4 Å². The maximum atomic E-state index is 12.1. The zero-order valence-electron chi connectivity index (χ0n) is 12.6. The topological polar surface area (TPSA) is 66.4 Å². The molecule has 4 heteroatoms. The van der Waals surface area contributed by atoms with Crippen LogP contribution in [0.5, 0.6) is 0 Å². The molecule has 0 aliphatic carbocycles. The summed E-state index contributed by atoms with van der Waals surface area (Å²) >= 11 is 0. The third kappa shape index (κ3) is 3.59. The average molecular weight is 277 g/mol. The minimum atomic E-state index is -1.03. The van der Waals surface area contributed by atoms with Gasteiger partial charge in [0.1, 0.15) is 0 Å². The third-order valence-electron chi connectivity index (χ3n) is 3.85. The number of rotatable bonds is 6. The Labute approximate surface area is 120 Å². The number of hydrogen-bond acceptors (Lipinski definition) is 2. The maximum Gasteiger partial charge on any atom is 0.330 e. The SMILES string of the molecule is CCC(CC)C(=O)NC(C(=O)O)c1cccc(C)c1C. The zero-order chi connectivity index (χ0) is 15.3. The Bertz CT molecular complexity index is 492. The maximum absolute atomic E-state index is 12.1. The predicted octanol–water partition coefficient (Wildman–Crippen LogP) is 2.98. The van der Waals surface area contributed by atoms with Crippen molar-refractivity contribution in [1.29, 1.82) is 0 Å². The van der Waals surface area contributed by atoms with E-state index in [-0.39, 0.29) is 11.8 Å². The second kappa shape index (κ2) is 7.08. The van der Waals surface area contributed by atoms with Crippen molar-refractivity contribution in [2.45, 2.75) is 46.6 Å². The molecule has 1 atom stereocenters. The van der Waals surface area contributed by atoms with Crippen molar-refractivity contribution < 1.29 is 14.7 Å². The van der Waals surface area contributed by atoms with Crippen LogP contribution in [0.3, 0.4) is 0 Å². The molecule has 4 nitrogen and oxygen atoms in total. The second-order valence-corrected chi connectivity index (χ2v) is 5.08. The van der Waals surface area contributed by atoms with Crippen LogP contribution >= 0.6 is 0 Å². The summed E-state index contributed by atoms with van der Waals surface area (Å²) in [7, 11) is 0. The highest BCUT2D eigenvalue weighted by atomic mass is 16.4. The normalized spacial score (nSPS) is 12.2. The minimum Gasteiger partial charge on any atom is -0.479 e. The molecule has 0 spiro atoms. The van der Waals surface area contributed by atoms with Gasteiger partial charge in [-0.2, -0.15) is 0 Å². The van der Waals surface area contributed by atoms with Gasteiger partial charge in [0.15, 0.2) is 6.04 Å². The lowest BCUT2D eigenvalue weighted by atomic mass is 9.96. The van der Waals surface area contributed by atoms with Gasteiger partial charge in [-0.1, -0.05) is 32.0 Å². The Morgan fingerprint density at radius 2 is 1.80 bits per heavy atom. The average Bonchev–Trinajstić information content (AvgIpc) is 2.40. The van der Waals surface area contributed by atoms with Crippen molar-refractivity contribution in [2.24, 2.45) is 5.92 Å². The fourth-order valence-corrected chi connectivity index (χ4v) is 2.28. The van der Waals surface area contributed by atoms with Gasteiger partial charge in [-0.25, -0.2) is 4.79 Å². The van der Waals surface area contributed by atoms with Crippen LogP contribution in [0.2, 0.25) is 0 Å². The van der Waals surface area contributed by atoms with E-state index in [1.807, 2.05) is 39.8 Å². The Kier molecular flexibility index (Phi) is 5.74. The standard InChI is InChI=1S/C16H23NO3/c1-5-12(6-2)15(18)17-14(16(19)20)13-9-7-8-10(3)11(13)4/h7-9,12,14H,5-6H2,1-4H3,(H,17,18)(H,19,20). The zero-order valence-corrected chi connectivity index (χ0v) is 12.6. The number of carboxylic acids is 1. The molecule has 1 rings (SSSR count). The second-order valence-electron chi connectivity index (χ2n) is 5.08. The number of carboxylic acid groups (broad SMARTS) is 1. The van der Waals surface area contributed by atoms with Gasteiger partial charge >= 0.3 is 5.97 Å². The van der Waals surface area contributed by atoms with Crippen molar-refractivity contribution in [3.63, 3.8) is 0 Å². The lowest BCUT2D eigenvalue weighted by Gasteiger charge is -2.21. The summed E-state index contributed by atoms with van der Waals surface area (Å²) in [6.07, 6.45) is 1.42. The van der Waals surface area contributed by atoms with Gasteiger partial charge < -0.3 is 10.4 Å². The smallest absolute Gasteiger partial charge is 0.330 e. The molecule has 0 saturated heterocycles. The number of carbonyl (C=O) groups is 2. The molecule has 20 heavy (non-hydrogen) atoms. The molecule has 0 fully saturated rings. The first-order chi connectivity index (χ1) is 9.42. The van der Waals surface area contributed by atoms with E-state index in [1.54, 1.807) is 6.07 Å². The van der Waals surface area contributed by atoms with Crippen molar-refractivity contribution in [1.82, 2.24) is 5.32 Å². The fraction of sp³-hybridized carbons (Fsp3) is 0.500. The molecule has 110 valence electrons. The Morgan fingerprint density at radius 3 is 2.30 bits per heavy atom. The van der Waals surface area contributed by atoms with Gasteiger partial charge in [-0.15, -0.1) is 0 Å². The Hall–Kier alpha value is -1.84. The summed E-state index contributed by atoms with van der Waals surface area (Å²) in [6, 6.07) is 4.52. The first kappa shape index (κ1) is 16.2. The Balaban J connectivity index is 3.04. The largest absolute Gasteiger partial charge is 0.479 e. The molecule has 1 aromatic carbocycles. The minimum absolute atomic E-state index is 0.137. The van der Waals surface area contributed by atoms with E-state index in [4.69, 9.17) is 0 Å². The van der Waals surface area contributed by atoms with E-state index in [2.05, 4.69) is 5.32 Å². The summed E-state index contributed by atoms with van der Waals surface area (Å²) in [4.78, 5) is 23.6. The van der Waals surface area contributed by atoms with Gasteiger partial charge in [0.2, 0.25) is 5.91 Å². The van der Waals surface area contributed by atoms with E-state index in [0.717, 1.165) is 11.1 Å². The van der Waals surface area contributed by atoms with Crippen molar-refractivity contribution in [3.8, 4) is 0 Å². The molecular formula is C16H23NO3. The molecule has 0 aromatic heterocycles. The van der Waals surface area contributed by atoms with Crippen LogP contribution in [0, 0.1) is 19.8 Å². The molecule has 1 amide bonds. The van der Waals surface area contributed by atoms with Crippen molar-refractivity contribution in [2.75, 3.05) is 0 Å². The molecule has 1 aromatic rings. The summed E-state index contributed by atoms with van der Waals surface area (Å²) in [5.41, 5.74) is 2.58. The molecule has 0 aliphatic rings. The number of aryl methyl sites for hydroxylation is 1. The van der Waals surface area contributed by atoms with E-state index in [0.29, 0.717) is 18.4 Å². The highest BCUT2D eigenvalue weighted by molar-refractivity contribution is 5.86. The first-order valence-corrected chi connectivity index (χ1v) is 7.01. The van der Waals surface area contributed by atoms with Gasteiger partial charge in [-0.3, -0.25) is 4.79 Å². The first-order valence-electron chi connectivity index (χ1n) is 7.01. The van der Waals surface area contributed by atoms with Gasteiger partial charge in [0.05, 0.1) is 0 Å². The molecule has 2 N–H and O–H groups in total. The highest BCUT2D eigenvalue weighted by Crippen LogP contribution is 2.22. The molecule has 0 saturated carbocycles. The van der Waals surface area contributed by atoms with Crippen LogP contribution in [0.4, 0.5) is 0 Å². The van der Waals surface area contributed by atoms with Crippen LogP contribution in [0.15, 0.2) is 18.2 Å². The monoisotopic (exact) mass is 277 g/mol. The quantitative estimate of drug-likeness (QED) is 0.840. The molecule has 0 heterocycles. The summed E-state index contributed by atoms with van der Waals surface area (Å²) in [5, 5.41) is 12.1. The van der Waals surface area contributed by atoms with Gasteiger partial charge in [0, 0.05) is 5.92 Å². The van der Waals surface area contributed by atoms with Crippen LogP contribution in [0.25, 0.3) is 0 Å². The van der Waals surface area contributed by atoms with Crippen molar-refractivity contribution in [3.05, 3.63) is 34.9 Å². The van der Waals surface area contributed by atoms with Crippen LogP contribution < -0.4 is 5.32 Å². The number of amides is 1. The van der Waals surface area contributed by atoms with E-state index >= 15 is 0 Å². The van der Waals surface area contributed by atoms with Crippen LogP contribution in [-0.2, 0) is 9.59 Å². The lowest BCUT2D eigenvalue weighted by molar-refractivity contribution is -0.142. The van der Waals surface area contributed by atoms with Gasteiger partial charge in [0.25, 0.3) is 0 Å². The van der Waals surface area contributed by atoms with E-state index in [9.17, 15) is 14.7 Å². The number of benzene rings is 1. The molecule has 1 unspecified atom stereocenters. The summed E-state index contributed by atoms with van der Waals surface area (Å²) in [5.74, 6) is -1.36. The molecule has 0 bridgehead atoms. The summed E-state index contributed by atoms with van der Waals surface area (Å²) < 4.78 is 0.